The highest BCUT2D eigenvalue weighted by Crippen LogP contribution is 2.48. The SMILES string of the molecule is C=C[C@@]1(C)CC[C@H](/C(C)=C/C=C/C(C)(C)OC)C[C@@H]1C(=C)C. The van der Waals surface area contributed by atoms with Crippen LogP contribution in [0.25, 0.3) is 0 Å². The van der Waals surface area contributed by atoms with Gasteiger partial charge < -0.3 is 4.74 Å². The van der Waals surface area contributed by atoms with Crippen molar-refractivity contribution in [3.8, 4) is 0 Å². The molecule has 1 fully saturated rings. The van der Waals surface area contributed by atoms with Crippen LogP contribution in [0.3, 0.4) is 0 Å². The van der Waals surface area contributed by atoms with E-state index in [2.05, 4.69) is 72.1 Å². The molecule has 1 aliphatic carbocycles. The Kier molecular flexibility index (Phi) is 6.43. The third kappa shape index (κ3) is 4.71. The van der Waals surface area contributed by atoms with Crippen molar-refractivity contribution in [2.24, 2.45) is 17.3 Å². The first-order chi connectivity index (χ1) is 10.1. The minimum Gasteiger partial charge on any atom is -0.375 e. The zero-order valence-corrected chi connectivity index (χ0v) is 15.4. The molecule has 1 saturated carbocycles. The molecule has 124 valence electrons. The van der Waals surface area contributed by atoms with Crippen LogP contribution in [0.4, 0.5) is 0 Å². The Morgan fingerprint density at radius 1 is 1.32 bits per heavy atom. The van der Waals surface area contributed by atoms with Gasteiger partial charge in [-0.3, -0.25) is 0 Å². The second-order valence-electron chi connectivity index (χ2n) is 7.66. The maximum Gasteiger partial charge on any atom is 0.0805 e. The molecule has 0 aromatic carbocycles. The van der Waals surface area contributed by atoms with E-state index in [4.69, 9.17) is 4.74 Å². The standard InChI is InChI=1S/C21H34O/c1-9-21(7)14-12-18(15-19(21)16(2)3)17(4)11-10-13-20(5,6)22-8/h9-11,13,18-19H,1-2,12,14-15H2,3-8H3/b13-10+,17-11+/t18-,19+,21-/m0/s1. The fraction of sp³-hybridized carbons (Fsp3) is 0.619. The summed E-state index contributed by atoms with van der Waals surface area (Å²) < 4.78 is 5.42. The van der Waals surface area contributed by atoms with Crippen LogP contribution in [0.15, 0.2) is 48.6 Å². The molecule has 1 heteroatoms. The number of hydrogen-bond donors (Lipinski definition) is 0. The van der Waals surface area contributed by atoms with Crippen molar-refractivity contribution in [1.82, 2.24) is 0 Å². The minimum atomic E-state index is -0.203. The summed E-state index contributed by atoms with van der Waals surface area (Å²) in [6.07, 6.45) is 12.2. The molecule has 0 amide bonds. The van der Waals surface area contributed by atoms with E-state index >= 15 is 0 Å². The Balaban J connectivity index is 2.82. The van der Waals surface area contributed by atoms with Gasteiger partial charge in [0.15, 0.2) is 0 Å². The fourth-order valence-electron chi connectivity index (χ4n) is 3.39. The van der Waals surface area contributed by atoms with Crippen LogP contribution in [0.5, 0.6) is 0 Å². The Bertz CT molecular complexity index is 466. The summed E-state index contributed by atoms with van der Waals surface area (Å²) in [5.41, 5.74) is 2.75. The minimum absolute atomic E-state index is 0.203. The molecular weight excluding hydrogens is 268 g/mol. The average Bonchev–Trinajstić information content (AvgIpc) is 2.47. The predicted octanol–water partition coefficient (Wildman–Crippen LogP) is 6.10. The third-order valence-electron chi connectivity index (χ3n) is 5.44. The summed E-state index contributed by atoms with van der Waals surface area (Å²) in [6, 6.07) is 0. The first kappa shape index (κ1) is 19.0. The number of hydrogen-bond acceptors (Lipinski definition) is 1. The Hall–Kier alpha value is -1.08. The zero-order valence-electron chi connectivity index (χ0n) is 15.4. The van der Waals surface area contributed by atoms with Gasteiger partial charge in [-0.15, -0.1) is 6.58 Å². The lowest BCUT2D eigenvalue weighted by Gasteiger charge is -2.43. The lowest BCUT2D eigenvalue weighted by atomic mass is 9.61. The van der Waals surface area contributed by atoms with E-state index in [0.717, 1.165) is 0 Å². The summed E-state index contributed by atoms with van der Waals surface area (Å²) in [6.45, 7) is 19.2. The van der Waals surface area contributed by atoms with Gasteiger partial charge in [0.1, 0.15) is 0 Å². The zero-order chi connectivity index (χ0) is 17.0. The highest BCUT2D eigenvalue weighted by molar-refractivity contribution is 5.20. The van der Waals surface area contributed by atoms with Gasteiger partial charge in [-0.2, -0.15) is 0 Å². The van der Waals surface area contributed by atoms with E-state index in [-0.39, 0.29) is 11.0 Å². The Labute approximate surface area is 137 Å². The molecule has 0 aliphatic heterocycles. The van der Waals surface area contributed by atoms with Gasteiger partial charge >= 0.3 is 0 Å². The molecule has 1 rings (SSSR count). The molecule has 0 aromatic rings. The van der Waals surface area contributed by atoms with E-state index < -0.39 is 0 Å². The molecule has 0 spiro atoms. The van der Waals surface area contributed by atoms with Gasteiger partial charge in [0.05, 0.1) is 5.60 Å². The van der Waals surface area contributed by atoms with Crippen LogP contribution >= 0.6 is 0 Å². The summed E-state index contributed by atoms with van der Waals surface area (Å²) in [4.78, 5) is 0. The Morgan fingerprint density at radius 2 is 1.95 bits per heavy atom. The molecule has 0 heterocycles. The molecule has 1 nitrogen and oxygen atoms in total. The molecule has 0 radical (unpaired) electrons. The van der Waals surface area contributed by atoms with Crippen LogP contribution in [0.2, 0.25) is 0 Å². The highest BCUT2D eigenvalue weighted by atomic mass is 16.5. The van der Waals surface area contributed by atoms with Crippen LogP contribution in [-0.4, -0.2) is 12.7 Å². The molecule has 0 saturated heterocycles. The largest absolute Gasteiger partial charge is 0.375 e. The molecule has 3 atom stereocenters. The van der Waals surface area contributed by atoms with Gasteiger partial charge in [-0.1, -0.05) is 49.0 Å². The summed E-state index contributed by atoms with van der Waals surface area (Å²) >= 11 is 0. The summed E-state index contributed by atoms with van der Waals surface area (Å²) in [7, 11) is 1.75. The van der Waals surface area contributed by atoms with E-state index in [1.807, 2.05) is 0 Å². The van der Waals surface area contributed by atoms with Gasteiger partial charge in [-0.05, 0) is 64.2 Å². The van der Waals surface area contributed by atoms with Crippen LogP contribution in [0.1, 0.15) is 53.9 Å². The van der Waals surface area contributed by atoms with Crippen molar-refractivity contribution >= 4 is 0 Å². The molecule has 0 aromatic heterocycles. The van der Waals surface area contributed by atoms with Gasteiger partial charge in [0, 0.05) is 7.11 Å². The van der Waals surface area contributed by atoms with Crippen LogP contribution in [0, 0.1) is 17.3 Å². The van der Waals surface area contributed by atoms with Crippen molar-refractivity contribution in [3.05, 3.63) is 48.6 Å². The quantitative estimate of drug-likeness (QED) is 0.425. The van der Waals surface area contributed by atoms with Crippen molar-refractivity contribution < 1.29 is 4.74 Å². The van der Waals surface area contributed by atoms with E-state index in [1.54, 1.807) is 7.11 Å². The first-order valence-electron chi connectivity index (χ1n) is 8.35. The van der Waals surface area contributed by atoms with Crippen LogP contribution < -0.4 is 0 Å². The second-order valence-corrected chi connectivity index (χ2v) is 7.66. The summed E-state index contributed by atoms with van der Waals surface area (Å²) in [5.74, 6) is 1.18. The highest BCUT2D eigenvalue weighted by Gasteiger charge is 2.38. The van der Waals surface area contributed by atoms with E-state index in [9.17, 15) is 0 Å². The number of rotatable bonds is 6. The van der Waals surface area contributed by atoms with Crippen molar-refractivity contribution in [3.63, 3.8) is 0 Å². The second kappa shape index (κ2) is 7.46. The molecule has 0 N–H and O–H groups in total. The van der Waals surface area contributed by atoms with Gasteiger partial charge in [-0.25, -0.2) is 0 Å². The normalized spacial score (nSPS) is 30.5. The maximum absolute atomic E-state index is 5.42. The monoisotopic (exact) mass is 302 g/mol. The van der Waals surface area contributed by atoms with E-state index in [0.29, 0.717) is 11.8 Å². The average molecular weight is 303 g/mol. The lowest BCUT2D eigenvalue weighted by molar-refractivity contribution is 0.0656. The predicted molar refractivity (Wildman–Crippen MR) is 97.9 cm³/mol. The molecule has 1 aliphatic rings. The maximum atomic E-state index is 5.42. The number of ether oxygens (including phenoxy) is 1. The van der Waals surface area contributed by atoms with Crippen molar-refractivity contribution in [2.75, 3.05) is 7.11 Å². The smallest absolute Gasteiger partial charge is 0.0805 e. The van der Waals surface area contributed by atoms with E-state index in [1.165, 1.54) is 30.4 Å². The topological polar surface area (TPSA) is 9.23 Å². The van der Waals surface area contributed by atoms with Crippen molar-refractivity contribution in [2.45, 2.75) is 59.5 Å². The lowest BCUT2D eigenvalue weighted by Crippen LogP contribution is -2.33. The third-order valence-corrected chi connectivity index (χ3v) is 5.44. The Morgan fingerprint density at radius 3 is 2.45 bits per heavy atom. The summed E-state index contributed by atoms with van der Waals surface area (Å²) in [5, 5.41) is 0. The number of allylic oxidation sites excluding steroid dienone is 5. The van der Waals surface area contributed by atoms with Gasteiger partial charge in [0.2, 0.25) is 0 Å². The van der Waals surface area contributed by atoms with Crippen molar-refractivity contribution in [1.29, 1.82) is 0 Å². The van der Waals surface area contributed by atoms with Gasteiger partial charge in [0.25, 0.3) is 0 Å². The van der Waals surface area contributed by atoms with Crippen LogP contribution in [-0.2, 0) is 4.74 Å². The molecule has 22 heavy (non-hydrogen) atoms. The first-order valence-corrected chi connectivity index (χ1v) is 8.35. The molecule has 0 bridgehead atoms. The fourth-order valence-corrected chi connectivity index (χ4v) is 3.39. The molecular formula is C21H34O. The number of methoxy groups -OCH3 is 1. The molecule has 0 unspecified atom stereocenters.